The molecule has 0 amide bonds. The van der Waals surface area contributed by atoms with E-state index in [9.17, 15) is 23.1 Å². The van der Waals surface area contributed by atoms with Crippen molar-refractivity contribution in [3.05, 3.63) is 34.9 Å². The molecule has 21 heavy (non-hydrogen) atoms. The van der Waals surface area contributed by atoms with Gasteiger partial charge in [-0.3, -0.25) is 9.36 Å². The highest BCUT2D eigenvalue weighted by molar-refractivity contribution is 5.78. The summed E-state index contributed by atoms with van der Waals surface area (Å²) in [5.41, 5.74) is -0.267. The molecule has 0 aliphatic rings. The Morgan fingerprint density at radius 3 is 2.76 bits per heavy atom. The van der Waals surface area contributed by atoms with Gasteiger partial charge in [0, 0.05) is 0 Å². The van der Waals surface area contributed by atoms with E-state index in [-0.39, 0.29) is 17.4 Å². The van der Waals surface area contributed by atoms with Gasteiger partial charge in [0.1, 0.15) is 5.75 Å². The third kappa shape index (κ3) is 3.72. The molecule has 0 radical (unpaired) electrons. The molecule has 2 rings (SSSR count). The number of aliphatic hydroxyl groups excluding tert-OH is 1. The number of nitrogens with zero attached hydrogens (tertiary/aromatic N) is 2. The first-order chi connectivity index (χ1) is 9.80. The van der Waals surface area contributed by atoms with E-state index in [1.54, 1.807) is 6.92 Å². The van der Waals surface area contributed by atoms with Crippen molar-refractivity contribution in [3.8, 4) is 5.75 Å². The molecule has 0 fully saturated rings. The molecule has 0 bridgehead atoms. The van der Waals surface area contributed by atoms with E-state index in [4.69, 9.17) is 0 Å². The van der Waals surface area contributed by atoms with Crippen LogP contribution >= 0.6 is 0 Å². The first kappa shape index (κ1) is 15.3. The summed E-state index contributed by atoms with van der Waals surface area (Å²) >= 11 is 0. The van der Waals surface area contributed by atoms with E-state index in [1.165, 1.54) is 12.4 Å². The van der Waals surface area contributed by atoms with E-state index in [0.29, 0.717) is 6.42 Å². The van der Waals surface area contributed by atoms with Gasteiger partial charge in [-0.15, -0.1) is 13.2 Å². The summed E-state index contributed by atoms with van der Waals surface area (Å²) in [5.74, 6) is -0.484. The maximum absolute atomic E-state index is 12.2. The number of aliphatic hydroxyl groups is 1. The molecule has 0 aliphatic carbocycles. The first-order valence-electron chi connectivity index (χ1n) is 6.23. The molecular weight excluding hydrogens is 289 g/mol. The number of aromatic nitrogens is 2. The SMILES string of the molecule is CC[C@@H](O)Cn1cnc2ccc(OC(F)(F)F)cc2c1=O. The van der Waals surface area contributed by atoms with Crippen LogP contribution in [0.15, 0.2) is 29.3 Å². The van der Waals surface area contributed by atoms with Crippen LogP contribution in [0.25, 0.3) is 10.9 Å². The molecule has 1 aromatic carbocycles. The molecule has 5 nitrogen and oxygen atoms in total. The summed E-state index contributed by atoms with van der Waals surface area (Å²) in [6, 6.07) is 3.36. The lowest BCUT2D eigenvalue weighted by Crippen LogP contribution is -2.26. The fourth-order valence-electron chi connectivity index (χ4n) is 1.82. The molecule has 1 heterocycles. The van der Waals surface area contributed by atoms with E-state index in [1.807, 2.05) is 0 Å². The second-order valence-electron chi connectivity index (χ2n) is 4.49. The Kier molecular flexibility index (Phi) is 4.17. The molecule has 114 valence electrons. The Labute approximate surface area is 117 Å². The summed E-state index contributed by atoms with van der Waals surface area (Å²) < 4.78 is 41.5. The largest absolute Gasteiger partial charge is 0.573 e. The van der Waals surface area contributed by atoms with Crippen molar-refractivity contribution in [2.24, 2.45) is 0 Å². The highest BCUT2D eigenvalue weighted by Gasteiger charge is 2.31. The number of halogens is 3. The van der Waals surface area contributed by atoms with Gasteiger partial charge >= 0.3 is 6.36 Å². The van der Waals surface area contributed by atoms with E-state index in [2.05, 4.69) is 9.72 Å². The van der Waals surface area contributed by atoms with Gasteiger partial charge in [0.25, 0.3) is 5.56 Å². The molecule has 0 unspecified atom stereocenters. The van der Waals surface area contributed by atoms with Gasteiger partial charge < -0.3 is 9.84 Å². The molecule has 1 aromatic heterocycles. The van der Waals surface area contributed by atoms with Crippen LogP contribution in [-0.2, 0) is 6.54 Å². The number of benzene rings is 1. The fraction of sp³-hybridized carbons (Fsp3) is 0.385. The number of fused-ring (bicyclic) bond motifs is 1. The highest BCUT2D eigenvalue weighted by Crippen LogP contribution is 2.24. The number of hydrogen-bond donors (Lipinski definition) is 1. The molecule has 1 N–H and O–H groups in total. The molecule has 0 spiro atoms. The van der Waals surface area contributed by atoms with Gasteiger partial charge in [-0.25, -0.2) is 4.98 Å². The van der Waals surface area contributed by atoms with Crippen LogP contribution < -0.4 is 10.3 Å². The average molecular weight is 302 g/mol. The summed E-state index contributed by atoms with van der Waals surface area (Å²) in [4.78, 5) is 16.2. The van der Waals surface area contributed by atoms with Crippen molar-refractivity contribution in [1.82, 2.24) is 9.55 Å². The zero-order valence-electron chi connectivity index (χ0n) is 11.1. The number of ether oxygens (including phenoxy) is 1. The van der Waals surface area contributed by atoms with Gasteiger partial charge in [-0.05, 0) is 24.6 Å². The Morgan fingerprint density at radius 2 is 2.14 bits per heavy atom. The first-order valence-corrected chi connectivity index (χ1v) is 6.23. The van der Waals surface area contributed by atoms with Crippen molar-refractivity contribution in [2.75, 3.05) is 0 Å². The Hall–Kier alpha value is -2.09. The van der Waals surface area contributed by atoms with Crippen molar-refractivity contribution in [1.29, 1.82) is 0 Å². The second-order valence-corrected chi connectivity index (χ2v) is 4.49. The van der Waals surface area contributed by atoms with Gasteiger partial charge in [0.05, 0.1) is 29.9 Å². The standard InChI is InChI=1S/C13H13F3N2O3/c1-2-8(19)6-18-7-17-11-4-3-9(21-13(14,15)16)5-10(11)12(18)20/h3-5,7-8,19H,2,6H2,1H3/t8-/m1/s1. The molecule has 1 atom stereocenters. The number of alkyl halides is 3. The van der Waals surface area contributed by atoms with Gasteiger partial charge in [0.2, 0.25) is 0 Å². The predicted octanol–water partition coefficient (Wildman–Crippen LogP) is 2.07. The third-order valence-corrected chi connectivity index (χ3v) is 2.91. The van der Waals surface area contributed by atoms with Crippen LogP contribution in [0.1, 0.15) is 13.3 Å². The Morgan fingerprint density at radius 1 is 1.43 bits per heavy atom. The minimum Gasteiger partial charge on any atom is -0.406 e. The number of rotatable bonds is 4. The fourth-order valence-corrected chi connectivity index (χ4v) is 1.82. The molecule has 0 aliphatic heterocycles. The monoisotopic (exact) mass is 302 g/mol. The maximum atomic E-state index is 12.2. The van der Waals surface area contributed by atoms with Gasteiger partial charge in [-0.1, -0.05) is 6.92 Å². The topological polar surface area (TPSA) is 64.3 Å². The highest BCUT2D eigenvalue weighted by atomic mass is 19.4. The van der Waals surface area contributed by atoms with Crippen LogP contribution in [0, 0.1) is 0 Å². The Bertz CT molecular complexity index is 697. The quantitative estimate of drug-likeness (QED) is 0.939. The van der Waals surface area contributed by atoms with E-state index < -0.39 is 23.8 Å². The van der Waals surface area contributed by atoms with E-state index >= 15 is 0 Å². The van der Waals surface area contributed by atoms with E-state index in [0.717, 1.165) is 16.7 Å². The lowest BCUT2D eigenvalue weighted by atomic mass is 10.2. The minimum atomic E-state index is -4.83. The number of hydrogen-bond acceptors (Lipinski definition) is 4. The lowest BCUT2D eigenvalue weighted by molar-refractivity contribution is -0.274. The smallest absolute Gasteiger partial charge is 0.406 e. The van der Waals surface area contributed by atoms with Crippen LogP contribution in [-0.4, -0.2) is 27.1 Å². The van der Waals surface area contributed by atoms with Crippen LogP contribution in [0.3, 0.4) is 0 Å². The van der Waals surface area contributed by atoms with Crippen molar-refractivity contribution >= 4 is 10.9 Å². The van der Waals surface area contributed by atoms with Crippen LogP contribution in [0.4, 0.5) is 13.2 Å². The maximum Gasteiger partial charge on any atom is 0.573 e. The van der Waals surface area contributed by atoms with Crippen molar-refractivity contribution in [2.45, 2.75) is 32.4 Å². The van der Waals surface area contributed by atoms with Crippen molar-refractivity contribution in [3.63, 3.8) is 0 Å². The average Bonchev–Trinajstić information content (AvgIpc) is 2.40. The molecule has 0 saturated carbocycles. The second kappa shape index (κ2) is 5.72. The molecule has 2 aromatic rings. The van der Waals surface area contributed by atoms with Gasteiger partial charge in [-0.2, -0.15) is 0 Å². The zero-order chi connectivity index (χ0) is 15.6. The summed E-state index contributed by atoms with van der Waals surface area (Å²) in [6.45, 7) is 1.78. The molecule has 0 saturated heterocycles. The Balaban J connectivity index is 2.44. The van der Waals surface area contributed by atoms with Gasteiger partial charge in [0.15, 0.2) is 0 Å². The van der Waals surface area contributed by atoms with Crippen molar-refractivity contribution < 1.29 is 23.0 Å². The van der Waals surface area contributed by atoms with Crippen LogP contribution in [0.5, 0.6) is 5.75 Å². The summed E-state index contributed by atoms with van der Waals surface area (Å²) in [5, 5.41) is 9.56. The van der Waals surface area contributed by atoms with Crippen LogP contribution in [0.2, 0.25) is 0 Å². The minimum absolute atomic E-state index is 0.00236. The zero-order valence-corrected chi connectivity index (χ0v) is 11.1. The lowest BCUT2D eigenvalue weighted by Gasteiger charge is -2.12. The normalized spacial score (nSPS) is 13.4. The third-order valence-electron chi connectivity index (χ3n) is 2.91. The molecular formula is C13H13F3N2O3. The predicted molar refractivity (Wildman–Crippen MR) is 69.0 cm³/mol. The molecule has 8 heteroatoms. The summed E-state index contributed by atoms with van der Waals surface area (Å²) in [7, 11) is 0. The summed E-state index contributed by atoms with van der Waals surface area (Å²) in [6.07, 6.45) is -3.85.